The summed E-state index contributed by atoms with van der Waals surface area (Å²) in [7, 11) is 0. The number of hydrazine groups is 1. The third-order valence-electron chi connectivity index (χ3n) is 1.72. The Kier molecular flexibility index (Phi) is 2.67. The number of piperidine rings is 1. The third-order valence-corrected chi connectivity index (χ3v) is 1.72. The van der Waals surface area contributed by atoms with Gasteiger partial charge in [0.2, 0.25) is 0 Å². The molecule has 64 valence electrons. The van der Waals surface area contributed by atoms with Crippen LogP contribution in [0.25, 0.3) is 0 Å². The number of carbonyl (C=O) groups is 1. The first-order valence-corrected chi connectivity index (χ1v) is 3.61. The highest BCUT2D eigenvalue weighted by Crippen LogP contribution is 2.06. The molecule has 1 aliphatic heterocycles. The first kappa shape index (κ1) is 8.29. The molecule has 0 aromatic rings. The normalized spacial score (nSPS) is 21.5. The number of aliphatic hydroxyl groups is 1. The molecule has 0 aromatic heterocycles. The maximum absolute atomic E-state index is 10.1. The number of nitrogens with zero attached hydrogens (tertiary/aromatic N) is 1. The zero-order valence-corrected chi connectivity index (χ0v) is 6.16. The minimum absolute atomic E-state index is 0.262. The van der Waals surface area contributed by atoms with Crippen LogP contribution in [-0.2, 0) is 0 Å². The van der Waals surface area contributed by atoms with E-state index in [0.29, 0.717) is 25.9 Å². The van der Waals surface area contributed by atoms with Crippen molar-refractivity contribution in [1.82, 2.24) is 10.4 Å². The topological polar surface area (TPSA) is 72.8 Å². The average molecular weight is 160 g/mol. The maximum Gasteiger partial charge on any atom is 0.419 e. The van der Waals surface area contributed by atoms with Crippen LogP contribution in [0.4, 0.5) is 4.79 Å². The van der Waals surface area contributed by atoms with Crippen molar-refractivity contribution in [2.24, 2.45) is 0 Å². The second-order valence-electron chi connectivity index (χ2n) is 2.64. The smallest absolute Gasteiger partial charge is 0.419 e. The van der Waals surface area contributed by atoms with E-state index in [1.54, 1.807) is 5.01 Å². The molecule has 0 aliphatic carbocycles. The Labute approximate surface area is 64.6 Å². The molecule has 1 aliphatic rings. The molecule has 1 rings (SSSR count). The van der Waals surface area contributed by atoms with Gasteiger partial charge in [-0.1, -0.05) is 0 Å². The molecule has 5 heteroatoms. The van der Waals surface area contributed by atoms with Gasteiger partial charge in [-0.25, -0.2) is 9.80 Å². The van der Waals surface area contributed by atoms with Gasteiger partial charge < -0.3 is 10.2 Å². The van der Waals surface area contributed by atoms with Gasteiger partial charge in [0.1, 0.15) is 0 Å². The first-order valence-electron chi connectivity index (χ1n) is 3.61. The summed E-state index contributed by atoms with van der Waals surface area (Å²) in [4.78, 5) is 10.1. The standard InChI is InChI=1S/C6H12N2O3/c9-5-1-3-8(4-2-5)7-6(10)11/h5,7,9H,1-4H2,(H,10,11). The Balaban J connectivity index is 2.22. The van der Waals surface area contributed by atoms with Gasteiger partial charge in [-0.05, 0) is 12.8 Å². The van der Waals surface area contributed by atoms with Gasteiger partial charge in [0.15, 0.2) is 0 Å². The molecule has 0 saturated carbocycles. The van der Waals surface area contributed by atoms with Gasteiger partial charge in [-0.2, -0.15) is 0 Å². The highest BCUT2D eigenvalue weighted by Gasteiger charge is 2.17. The summed E-state index contributed by atoms with van der Waals surface area (Å²) < 4.78 is 0. The molecule has 1 fully saturated rings. The Morgan fingerprint density at radius 3 is 2.45 bits per heavy atom. The van der Waals surface area contributed by atoms with E-state index < -0.39 is 6.09 Å². The van der Waals surface area contributed by atoms with E-state index in [9.17, 15) is 4.79 Å². The van der Waals surface area contributed by atoms with Gasteiger partial charge in [0, 0.05) is 13.1 Å². The van der Waals surface area contributed by atoms with E-state index >= 15 is 0 Å². The molecule has 1 saturated heterocycles. The quantitative estimate of drug-likeness (QED) is 0.489. The molecule has 1 heterocycles. The van der Waals surface area contributed by atoms with Crippen LogP contribution >= 0.6 is 0 Å². The molecule has 11 heavy (non-hydrogen) atoms. The molecule has 0 atom stereocenters. The lowest BCUT2D eigenvalue weighted by Crippen LogP contribution is -2.47. The second-order valence-corrected chi connectivity index (χ2v) is 2.64. The van der Waals surface area contributed by atoms with Gasteiger partial charge in [-0.3, -0.25) is 5.43 Å². The summed E-state index contributed by atoms with van der Waals surface area (Å²) in [5.41, 5.74) is 2.24. The predicted octanol–water partition coefficient (Wildman–Crippen LogP) is -0.374. The summed E-state index contributed by atoms with van der Waals surface area (Å²) in [6, 6.07) is 0. The highest BCUT2D eigenvalue weighted by atomic mass is 16.4. The number of hydrogen-bond donors (Lipinski definition) is 3. The fourth-order valence-electron chi connectivity index (χ4n) is 1.11. The van der Waals surface area contributed by atoms with E-state index in [0.717, 1.165) is 0 Å². The monoisotopic (exact) mass is 160 g/mol. The first-order chi connectivity index (χ1) is 5.18. The van der Waals surface area contributed by atoms with Crippen LogP contribution < -0.4 is 5.43 Å². The molecule has 0 spiro atoms. The van der Waals surface area contributed by atoms with E-state index in [4.69, 9.17) is 10.2 Å². The van der Waals surface area contributed by atoms with Crippen LogP contribution in [0.1, 0.15) is 12.8 Å². The lowest BCUT2D eigenvalue weighted by atomic mass is 10.1. The minimum Gasteiger partial charge on any atom is -0.464 e. The Hall–Kier alpha value is -0.810. The van der Waals surface area contributed by atoms with Crippen molar-refractivity contribution < 1.29 is 15.0 Å². The van der Waals surface area contributed by atoms with E-state index in [1.807, 2.05) is 0 Å². The minimum atomic E-state index is -1.04. The zero-order valence-electron chi connectivity index (χ0n) is 6.16. The fourth-order valence-corrected chi connectivity index (χ4v) is 1.11. The van der Waals surface area contributed by atoms with Gasteiger partial charge >= 0.3 is 6.09 Å². The highest BCUT2D eigenvalue weighted by molar-refractivity contribution is 5.63. The largest absolute Gasteiger partial charge is 0.464 e. The van der Waals surface area contributed by atoms with Crippen molar-refractivity contribution >= 4 is 6.09 Å². The molecular formula is C6H12N2O3. The van der Waals surface area contributed by atoms with E-state index in [2.05, 4.69) is 5.43 Å². The molecule has 0 bridgehead atoms. The third kappa shape index (κ3) is 2.73. The summed E-state index contributed by atoms with van der Waals surface area (Å²) in [6.45, 7) is 1.18. The molecule has 3 N–H and O–H groups in total. The van der Waals surface area contributed by atoms with Crippen LogP contribution in [0.2, 0.25) is 0 Å². The molecule has 5 nitrogen and oxygen atoms in total. The van der Waals surface area contributed by atoms with Gasteiger partial charge in [0.05, 0.1) is 6.10 Å². The SMILES string of the molecule is O=C(O)NN1CCC(O)CC1. The van der Waals surface area contributed by atoms with Crippen molar-refractivity contribution in [3.8, 4) is 0 Å². The van der Waals surface area contributed by atoms with Crippen molar-refractivity contribution in [2.45, 2.75) is 18.9 Å². The zero-order chi connectivity index (χ0) is 8.27. The van der Waals surface area contributed by atoms with Crippen LogP contribution in [0, 0.1) is 0 Å². The number of rotatable bonds is 1. The second kappa shape index (κ2) is 3.54. The number of aliphatic hydroxyl groups excluding tert-OH is 1. The Bertz CT molecular complexity index is 143. The molecule has 0 aromatic carbocycles. The van der Waals surface area contributed by atoms with Crippen molar-refractivity contribution in [3.63, 3.8) is 0 Å². The van der Waals surface area contributed by atoms with Crippen molar-refractivity contribution in [3.05, 3.63) is 0 Å². The number of amides is 1. The maximum atomic E-state index is 10.1. The average Bonchev–Trinajstić information content (AvgIpc) is 1.93. The summed E-state index contributed by atoms with van der Waals surface area (Å²) in [6.07, 6.45) is -0.0242. The van der Waals surface area contributed by atoms with Crippen molar-refractivity contribution in [1.29, 1.82) is 0 Å². The number of nitrogens with one attached hydrogen (secondary N) is 1. The lowest BCUT2D eigenvalue weighted by molar-refractivity contribution is 0.0553. The summed E-state index contributed by atoms with van der Waals surface area (Å²) in [5.74, 6) is 0. The van der Waals surface area contributed by atoms with Gasteiger partial charge in [0.25, 0.3) is 0 Å². The van der Waals surface area contributed by atoms with E-state index in [1.165, 1.54) is 0 Å². The summed E-state index contributed by atoms with van der Waals surface area (Å²) >= 11 is 0. The fraction of sp³-hybridized carbons (Fsp3) is 0.833. The Morgan fingerprint density at radius 1 is 1.45 bits per heavy atom. The Morgan fingerprint density at radius 2 is 2.00 bits per heavy atom. The molecule has 0 radical (unpaired) electrons. The van der Waals surface area contributed by atoms with Crippen molar-refractivity contribution in [2.75, 3.05) is 13.1 Å². The van der Waals surface area contributed by atoms with Crippen LogP contribution in [0.15, 0.2) is 0 Å². The van der Waals surface area contributed by atoms with Crippen LogP contribution in [0.3, 0.4) is 0 Å². The molecule has 1 amide bonds. The molecular weight excluding hydrogens is 148 g/mol. The predicted molar refractivity (Wildman–Crippen MR) is 38.0 cm³/mol. The van der Waals surface area contributed by atoms with Crippen LogP contribution in [-0.4, -0.2) is 40.5 Å². The van der Waals surface area contributed by atoms with Gasteiger partial charge in [-0.15, -0.1) is 0 Å². The lowest BCUT2D eigenvalue weighted by Gasteiger charge is -2.28. The number of carboxylic acid groups (broad SMARTS) is 1. The summed E-state index contributed by atoms with van der Waals surface area (Å²) in [5, 5.41) is 19.0. The van der Waals surface area contributed by atoms with E-state index in [-0.39, 0.29) is 6.10 Å². The number of hydrogen-bond acceptors (Lipinski definition) is 3. The van der Waals surface area contributed by atoms with Crippen LogP contribution in [0.5, 0.6) is 0 Å². The molecule has 0 unspecified atom stereocenters.